The number of carbonyl (C=O) groups excluding carboxylic acids is 1. The molecule has 0 aliphatic rings. The minimum Gasteiger partial charge on any atom is -0.443 e. The molecule has 0 bridgehead atoms. The Kier molecular flexibility index (Phi) is 5.06. The monoisotopic (exact) mass is 388 g/mol. The molecule has 4 aromatic heterocycles. The fraction of sp³-hybridized carbons (Fsp3) is 0.0526. The second-order valence-corrected chi connectivity index (χ2v) is 5.90. The molecule has 144 valence electrons. The Morgan fingerprint density at radius 2 is 1.97 bits per heavy atom. The summed E-state index contributed by atoms with van der Waals surface area (Å²) in [6.45, 7) is 0.421. The SMILES string of the molecule is Nc1ncccc1NCc1cc(NC(=O)c2cnc(-c3ncco3)cn2)ccn1. The summed E-state index contributed by atoms with van der Waals surface area (Å²) >= 11 is 0. The van der Waals surface area contributed by atoms with Crippen molar-refractivity contribution in [2.24, 2.45) is 0 Å². The minimum atomic E-state index is -0.391. The molecule has 10 heteroatoms. The van der Waals surface area contributed by atoms with Crippen LogP contribution in [-0.2, 0) is 6.54 Å². The molecule has 10 nitrogen and oxygen atoms in total. The van der Waals surface area contributed by atoms with Crippen LogP contribution in [0.2, 0.25) is 0 Å². The molecule has 0 saturated carbocycles. The van der Waals surface area contributed by atoms with E-state index in [1.807, 2.05) is 6.07 Å². The highest BCUT2D eigenvalue weighted by Crippen LogP contribution is 2.16. The molecule has 4 heterocycles. The smallest absolute Gasteiger partial charge is 0.275 e. The first-order chi connectivity index (χ1) is 14.2. The second-order valence-electron chi connectivity index (χ2n) is 5.90. The van der Waals surface area contributed by atoms with Gasteiger partial charge in [0.25, 0.3) is 5.91 Å². The van der Waals surface area contributed by atoms with Crippen LogP contribution in [0.3, 0.4) is 0 Å². The molecule has 0 spiro atoms. The highest BCUT2D eigenvalue weighted by Gasteiger charge is 2.11. The van der Waals surface area contributed by atoms with Crippen LogP contribution >= 0.6 is 0 Å². The van der Waals surface area contributed by atoms with Gasteiger partial charge in [0, 0.05) is 18.1 Å². The zero-order valence-electron chi connectivity index (χ0n) is 15.1. The molecular formula is C19H16N8O2. The molecule has 0 fully saturated rings. The molecule has 1 amide bonds. The lowest BCUT2D eigenvalue weighted by Gasteiger charge is -2.09. The summed E-state index contributed by atoms with van der Waals surface area (Å²) in [5.41, 5.74) is 8.44. The number of amides is 1. The normalized spacial score (nSPS) is 10.5. The van der Waals surface area contributed by atoms with Gasteiger partial charge in [-0.1, -0.05) is 0 Å². The molecule has 4 aromatic rings. The fourth-order valence-electron chi connectivity index (χ4n) is 2.51. The summed E-state index contributed by atoms with van der Waals surface area (Å²) < 4.78 is 5.15. The molecule has 0 aliphatic heterocycles. The van der Waals surface area contributed by atoms with E-state index in [1.54, 1.807) is 30.6 Å². The molecule has 4 rings (SSSR count). The van der Waals surface area contributed by atoms with Crippen molar-refractivity contribution >= 4 is 23.1 Å². The van der Waals surface area contributed by atoms with Gasteiger partial charge in [0.2, 0.25) is 5.89 Å². The van der Waals surface area contributed by atoms with Crippen LogP contribution < -0.4 is 16.4 Å². The van der Waals surface area contributed by atoms with Gasteiger partial charge >= 0.3 is 0 Å². The molecule has 0 saturated heterocycles. The van der Waals surface area contributed by atoms with Crippen LogP contribution in [0.25, 0.3) is 11.6 Å². The highest BCUT2D eigenvalue weighted by atomic mass is 16.3. The van der Waals surface area contributed by atoms with E-state index >= 15 is 0 Å². The Balaban J connectivity index is 1.41. The maximum atomic E-state index is 12.4. The Bertz CT molecular complexity index is 1110. The van der Waals surface area contributed by atoms with E-state index in [0.29, 0.717) is 35.3 Å². The van der Waals surface area contributed by atoms with E-state index in [4.69, 9.17) is 10.2 Å². The standard InChI is InChI=1S/C19H16N8O2/c20-17-14(2-1-4-22-17)24-9-13-8-12(3-5-21-13)27-18(28)15-10-26-16(11-25-15)19-23-6-7-29-19/h1-8,10-11,24H,9H2,(H2,20,22)(H,21,27,28). The minimum absolute atomic E-state index is 0.167. The number of anilines is 3. The Hall–Kier alpha value is -4.34. The van der Waals surface area contributed by atoms with Crippen molar-refractivity contribution in [3.8, 4) is 11.6 Å². The quantitative estimate of drug-likeness (QED) is 0.453. The molecule has 0 unspecified atom stereocenters. The van der Waals surface area contributed by atoms with Gasteiger partial charge in [-0.25, -0.2) is 19.9 Å². The number of pyridine rings is 2. The summed E-state index contributed by atoms with van der Waals surface area (Å²) in [7, 11) is 0. The topological polar surface area (TPSA) is 145 Å². The van der Waals surface area contributed by atoms with Crippen molar-refractivity contribution in [1.82, 2.24) is 24.9 Å². The fourth-order valence-corrected chi connectivity index (χ4v) is 2.51. The second kappa shape index (κ2) is 8.13. The Morgan fingerprint density at radius 1 is 1.03 bits per heavy atom. The van der Waals surface area contributed by atoms with E-state index in [-0.39, 0.29) is 5.69 Å². The Morgan fingerprint density at radius 3 is 2.72 bits per heavy atom. The maximum absolute atomic E-state index is 12.4. The van der Waals surface area contributed by atoms with Gasteiger partial charge in [0.1, 0.15) is 23.5 Å². The average molecular weight is 388 g/mol. The zero-order valence-corrected chi connectivity index (χ0v) is 15.1. The number of nitrogens with zero attached hydrogens (tertiary/aromatic N) is 5. The largest absolute Gasteiger partial charge is 0.443 e. The van der Waals surface area contributed by atoms with Gasteiger partial charge in [0.15, 0.2) is 0 Å². The summed E-state index contributed by atoms with van der Waals surface area (Å²) in [6.07, 6.45) is 8.98. The van der Waals surface area contributed by atoms with Crippen LogP contribution in [0, 0.1) is 0 Å². The molecule has 0 atom stereocenters. The van der Waals surface area contributed by atoms with Gasteiger partial charge in [-0.3, -0.25) is 9.78 Å². The lowest BCUT2D eigenvalue weighted by molar-refractivity contribution is 0.102. The van der Waals surface area contributed by atoms with Crippen LogP contribution in [0.1, 0.15) is 16.2 Å². The predicted octanol–water partition coefficient (Wildman–Crippen LogP) is 2.37. The molecule has 4 N–H and O–H groups in total. The van der Waals surface area contributed by atoms with Gasteiger partial charge in [0.05, 0.1) is 36.5 Å². The lowest BCUT2D eigenvalue weighted by atomic mass is 10.3. The number of nitrogen functional groups attached to an aromatic ring is 1. The summed E-state index contributed by atoms with van der Waals surface area (Å²) in [6, 6.07) is 7.06. The summed E-state index contributed by atoms with van der Waals surface area (Å²) in [5, 5.41) is 5.94. The van der Waals surface area contributed by atoms with E-state index in [1.165, 1.54) is 24.9 Å². The van der Waals surface area contributed by atoms with Gasteiger partial charge in [-0.15, -0.1) is 0 Å². The molecule has 29 heavy (non-hydrogen) atoms. The summed E-state index contributed by atoms with van der Waals surface area (Å²) in [4.78, 5) is 33.0. The van der Waals surface area contributed by atoms with Gasteiger partial charge < -0.3 is 20.8 Å². The van der Waals surface area contributed by atoms with Crippen molar-refractivity contribution in [2.45, 2.75) is 6.54 Å². The van der Waals surface area contributed by atoms with Crippen molar-refractivity contribution < 1.29 is 9.21 Å². The van der Waals surface area contributed by atoms with Gasteiger partial charge in [-0.05, 0) is 24.3 Å². The number of carbonyl (C=O) groups is 1. The molecule has 0 aliphatic carbocycles. The number of rotatable bonds is 6. The van der Waals surface area contributed by atoms with Crippen molar-refractivity contribution in [3.05, 3.63) is 72.9 Å². The van der Waals surface area contributed by atoms with Crippen LogP contribution in [0.15, 0.2) is 65.9 Å². The van der Waals surface area contributed by atoms with Crippen LogP contribution in [-0.4, -0.2) is 30.8 Å². The number of nitrogens with one attached hydrogen (secondary N) is 2. The number of hydrogen-bond acceptors (Lipinski definition) is 9. The lowest BCUT2D eigenvalue weighted by Crippen LogP contribution is -2.14. The first-order valence-electron chi connectivity index (χ1n) is 8.61. The van der Waals surface area contributed by atoms with Gasteiger partial charge in [-0.2, -0.15) is 0 Å². The van der Waals surface area contributed by atoms with Crippen molar-refractivity contribution in [2.75, 3.05) is 16.4 Å². The molecule has 0 radical (unpaired) electrons. The third-order valence-corrected chi connectivity index (χ3v) is 3.91. The van der Waals surface area contributed by atoms with E-state index < -0.39 is 5.91 Å². The maximum Gasteiger partial charge on any atom is 0.275 e. The van der Waals surface area contributed by atoms with E-state index in [2.05, 4.69) is 35.6 Å². The first kappa shape index (κ1) is 18.0. The number of hydrogen-bond donors (Lipinski definition) is 3. The number of aromatic nitrogens is 5. The third-order valence-electron chi connectivity index (χ3n) is 3.91. The van der Waals surface area contributed by atoms with E-state index in [9.17, 15) is 4.79 Å². The highest BCUT2D eigenvalue weighted by molar-refractivity contribution is 6.02. The van der Waals surface area contributed by atoms with Crippen LogP contribution in [0.4, 0.5) is 17.2 Å². The number of oxazole rings is 1. The molecular weight excluding hydrogens is 372 g/mol. The predicted molar refractivity (Wildman–Crippen MR) is 106 cm³/mol. The van der Waals surface area contributed by atoms with Crippen molar-refractivity contribution in [3.63, 3.8) is 0 Å². The van der Waals surface area contributed by atoms with Crippen molar-refractivity contribution in [1.29, 1.82) is 0 Å². The molecule has 0 aromatic carbocycles. The number of nitrogens with two attached hydrogens (primary N) is 1. The first-order valence-corrected chi connectivity index (χ1v) is 8.61. The zero-order chi connectivity index (χ0) is 20.1. The van der Waals surface area contributed by atoms with E-state index in [0.717, 1.165) is 5.69 Å². The average Bonchev–Trinajstić information content (AvgIpc) is 3.28. The van der Waals surface area contributed by atoms with Crippen LogP contribution in [0.5, 0.6) is 0 Å². The third kappa shape index (κ3) is 4.33. The Labute approximate surface area is 165 Å². The summed E-state index contributed by atoms with van der Waals surface area (Å²) in [5.74, 6) is 0.354.